The van der Waals surface area contributed by atoms with Crippen molar-refractivity contribution in [2.75, 3.05) is 26.1 Å². The zero-order valence-corrected chi connectivity index (χ0v) is 17.2. The Hall–Kier alpha value is -2.83. The molecule has 1 heterocycles. The Balaban J connectivity index is 1.53. The van der Waals surface area contributed by atoms with E-state index in [-0.39, 0.29) is 11.9 Å². The number of hydrogen-bond acceptors (Lipinski definition) is 6. The molecule has 3 rings (SSSR count). The highest BCUT2D eigenvalue weighted by Gasteiger charge is 2.17. The number of benzene rings is 1. The lowest BCUT2D eigenvalue weighted by atomic mass is 10.1. The SMILES string of the molecule is COc1ccc(CCNc2nccc(C(=O)NC3CCCCCC3)n2)cc1OC. The van der Waals surface area contributed by atoms with Crippen molar-refractivity contribution in [3.8, 4) is 11.5 Å². The molecule has 7 heteroatoms. The van der Waals surface area contributed by atoms with Gasteiger partial charge in [0.05, 0.1) is 14.2 Å². The molecule has 1 aliphatic carbocycles. The van der Waals surface area contributed by atoms with Gasteiger partial charge < -0.3 is 20.1 Å². The van der Waals surface area contributed by atoms with Crippen LogP contribution in [0.4, 0.5) is 5.95 Å². The summed E-state index contributed by atoms with van der Waals surface area (Å²) in [4.78, 5) is 21.2. The van der Waals surface area contributed by atoms with E-state index in [1.165, 1.54) is 25.7 Å². The highest BCUT2D eigenvalue weighted by atomic mass is 16.5. The summed E-state index contributed by atoms with van der Waals surface area (Å²) >= 11 is 0. The molecule has 1 amide bonds. The van der Waals surface area contributed by atoms with Crippen LogP contribution in [0.25, 0.3) is 0 Å². The molecule has 2 aromatic rings. The molecule has 1 fully saturated rings. The van der Waals surface area contributed by atoms with E-state index >= 15 is 0 Å². The Morgan fingerprint density at radius 2 is 1.83 bits per heavy atom. The van der Waals surface area contributed by atoms with Crippen molar-refractivity contribution >= 4 is 11.9 Å². The molecule has 1 saturated carbocycles. The van der Waals surface area contributed by atoms with Crippen LogP contribution in [-0.2, 0) is 6.42 Å². The van der Waals surface area contributed by atoms with Crippen molar-refractivity contribution in [1.82, 2.24) is 15.3 Å². The fourth-order valence-corrected chi connectivity index (χ4v) is 3.61. The third kappa shape index (κ3) is 6.07. The number of nitrogens with one attached hydrogen (secondary N) is 2. The van der Waals surface area contributed by atoms with Gasteiger partial charge in [-0.25, -0.2) is 9.97 Å². The number of carbonyl (C=O) groups is 1. The molecule has 1 aromatic heterocycles. The average molecular weight is 399 g/mol. The molecule has 0 spiro atoms. The second kappa shape index (κ2) is 10.6. The van der Waals surface area contributed by atoms with Crippen LogP contribution in [0.3, 0.4) is 0 Å². The van der Waals surface area contributed by atoms with E-state index in [4.69, 9.17) is 9.47 Å². The van der Waals surface area contributed by atoms with Gasteiger partial charge in [-0.15, -0.1) is 0 Å². The number of carbonyl (C=O) groups excluding carboxylic acids is 1. The fraction of sp³-hybridized carbons (Fsp3) is 0.500. The number of anilines is 1. The zero-order valence-electron chi connectivity index (χ0n) is 17.2. The number of methoxy groups -OCH3 is 2. The van der Waals surface area contributed by atoms with E-state index in [0.29, 0.717) is 29.7 Å². The quantitative estimate of drug-likeness (QED) is 0.661. The van der Waals surface area contributed by atoms with E-state index in [9.17, 15) is 4.79 Å². The summed E-state index contributed by atoms with van der Waals surface area (Å²) in [6, 6.07) is 7.76. The lowest BCUT2D eigenvalue weighted by Gasteiger charge is -2.16. The number of nitrogens with zero attached hydrogens (tertiary/aromatic N) is 2. The molecule has 1 aromatic carbocycles. The van der Waals surface area contributed by atoms with E-state index in [1.807, 2.05) is 18.2 Å². The summed E-state index contributed by atoms with van der Waals surface area (Å²) in [6.07, 6.45) is 9.36. The van der Waals surface area contributed by atoms with Gasteiger partial charge >= 0.3 is 0 Å². The third-order valence-electron chi connectivity index (χ3n) is 5.22. The average Bonchev–Trinajstić information content (AvgIpc) is 3.02. The molecule has 29 heavy (non-hydrogen) atoms. The molecule has 0 radical (unpaired) electrons. The first-order valence-electron chi connectivity index (χ1n) is 10.3. The molecule has 7 nitrogen and oxygen atoms in total. The Labute approximate surface area is 172 Å². The van der Waals surface area contributed by atoms with Crippen LogP contribution in [-0.4, -0.2) is 42.7 Å². The Morgan fingerprint density at radius 3 is 2.55 bits per heavy atom. The van der Waals surface area contributed by atoms with Gasteiger partial charge in [-0.2, -0.15) is 0 Å². The van der Waals surface area contributed by atoms with Gasteiger partial charge in [0.1, 0.15) is 5.69 Å². The first-order chi connectivity index (χ1) is 14.2. The van der Waals surface area contributed by atoms with Crippen LogP contribution in [0.15, 0.2) is 30.5 Å². The molecule has 0 aliphatic heterocycles. The lowest BCUT2D eigenvalue weighted by Crippen LogP contribution is -2.35. The maximum absolute atomic E-state index is 12.5. The van der Waals surface area contributed by atoms with Gasteiger partial charge in [0.25, 0.3) is 5.91 Å². The van der Waals surface area contributed by atoms with Crippen LogP contribution in [0.2, 0.25) is 0 Å². The smallest absolute Gasteiger partial charge is 0.270 e. The van der Waals surface area contributed by atoms with Crippen molar-refractivity contribution < 1.29 is 14.3 Å². The molecule has 156 valence electrons. The Morgan fingerprint density at radius 1 is 1.07 bits per heavy atom. The molecule has 0 bridgehead atoms. The molecule has 0 atom stereocenters. The van der Waals surface area contributed by atoms with Gasteiger partial charge in [-0.05, 0) is 43.0 Å². The second-order valence-corrected chi connectivity index (χ2v) is 7.29. The van der Waals surface area contributed by atoms with Crippen LogP contribution >= 0.6 is 0 Å². The lowest BCUT2D eigenvalue weighted by molar-refractivity contribution is 0.0928. The summed E-state index contributed by atoms with van der Waals surface area (Å²) in [6.45, 7) is 0.642. The second-order valence-electron chi connectivity index (χ2n) is 7.29. The van der Waals surface area contributed by atoms with Crippen LogP contribution < -0.4 is 20.1 Å². The Bertz CT molecular complexity index is 804. The van der Waals surface area contributed by atoms with Gasteiger partial charge in [0.2, 0.25) is 5.95 Å². The highest BCUT2D eigenvalue weighted by molar-refractivity contribution is 5.92. The van der Waals surface area contributed by atoms with Crippen molar-refractivity contribution in [1.29, 1.82) is 0 Å². The van der Waals surface area contributed by atoms with E-state index in [2.05, 4.69) is 20.6 Å². The number of hydrogen-bond donors (Lipinski definition) is 2. The van der Waals surface area contributed by atoms with Crippen LogP contribution in [0.1, 0.15) is 54.6 Å². The fourth-order valence-electron chi connectivity index (χ4n) is 3.61. The summed E-state index contributed by atoms with van der Waals surface area (Å²) in [5, 5.41) is 6.32. The maximum Gasteiger partial charge on any atom is 0.270 e. The zero-order chi connectivity index (χ0) is 20.5. The molecule has 0 saturated heterocycles. The van der Waals surface area contributed by atoms with Crippen LogP contribution in [0, 0.1) is 0 Å². The number of aromatic nitrogens is 2. The predicted octanol–water partition coefficient (Wildman–Crippen LogP) is 3.60. The van der Waals surface area contributed by atoms with Crippen molar-refractivity contribution in [3.05, 3.63) is 41.7 Å². The third-order valence-corrected chi connectivity index (χ3v) is 5.22. The van der Waals surface area contributed by atoms with Crippen molar-refractivity contribution in [2.45, 2.75) is 51.0 Å². The monoisotopic (exact) mass is 398 g/mol. The number of rotatable bonds is 8. The number of ether oxygens (including phenoxy) is 2. The topological polar surface area (TPSA) is 85.4 Å². The maximum atomic E-state index is 12.5. The van der Waals surface area contributed by atoms with E-state index in [1.54, 1.807) is 26.5 Å². The van der Waals surface area contributed by atoms with Gasteiger partial charge in [-0.1, -0.05) is 31.7 Å². The minimum absolute atomic E-state index is 0.123. The normalized spacial score (nSPS) is 14.7. The predicted molar refractivity (Wildman–Crippen MR) is 113 cm³/mol. The van der Waals surface area contributed by atoms with Crippen LogP contribution in [0.5, 0.6) is 11.5 Å². The largest absolute Gasteiger partial charge is 0.493 e. The highest BCUT2D eigenvalue weighted by Crippen LogP contribution is 2.27. The summed E-state index contributed by atoms with van der Waals surface area (Å²) in [5.41, 5.74) is 1.51. The first-order valence-corrected chi connectivity index (χ1v) is 10.3. The number of amides is 1. The van der Waals surface area contributed by atoms with E-state index < -0.39 is 0 Å². The molecular weight excluding hydrogens is 368 g/mol. The van der Waals surface area contributed by atoms with Crippen molar-refractivity contribution in [3.63, 3.8) is 0 Å². The Kier molecular flexibility index (Phi) is 7.67. The summed E-state index contributed by atoms with van der Waals surface area (Å²) < 4.78 is 10.6. The standard InChI is InChI=1S/C22H30N4O3/c1-28-19-10-9-16(15-20(19)29-2)11-13-23-22-24-14-12-18(26-22)21(27)25-17-7-5-3-4-6-8-17/h9-10,12,14-15,17H,3-8,11,13H2,1-2H3,(H,25,27)(H,23,24,26). The van der Waals surface area contributed by atoms with E-state index in [0.717, 1.165) is 24.8 Å². The van der Waals surface area contributed by atoms with Crippen molar-refractivity contribution in [2.24, 2.45) is 0 Å². The van der Waals surface area contributed by atoms with Gasteiger partial charge in [-0.3, -0.25) is 4.79 Å². The van der Waals surface area contributed by atoms with Gasteiger partial charge in [0.15, 0.2) is 11.5 Å². The molecule has 2 N–H and O–H groups in total. The minimum atomic E-state index is -0.123. The molecular formula is C22H30N4O3. The molecule has 0 unspecified atom stereocenters. The summed E-state index contributed by atoms with van der Waals surface area (Å²) in [7, 11) is 3.24. The summed E-state index contributed by atoms with van der Waals surface area (Å²) in [5.74, 6) is 1.75. The molecule has 1 aliphatic rings. The minimum Gasteiger partial charge on any atom is -0.493 e. The first kappa shape index (κ1) is 20.9. The van der Waals surface area contributed by atoms with Gasteiger partial charge in [0, 0.05) is 18.8 Å².